The van der Waals surface area contributed by atoms with Gasteiger partial charge in [0.15, 0.2) is 0 Å². The number of aryl methyl sites for hydroxylation is 3. The number of hydrogen-bond donors (Lipinski definition) is 0. The number of benzene rings is 27. The molecule has 0 spiro atoms. The molecular weight excluding hydrogens is 1770 g/mol. The third kappa shape index (κ3) is 12.0. The van der Waals surface area contributed by atoms with Crippen LogP contribution in [0.5, 0.6) is 0 Å². The summed E-state index contributed by atoms with van der Waals surface area (Å²) < 4.78 is 0. The van der Waals surface area contributed by atoms with Gasteiger partial charge in [0.25, 0.3) is 0 Å². The number of fused-ring (bicyclic) bond motifs is 21. The third-order valence-electron chi connectivity index (χ3n) is 33.0. The summed E-state index contributed by atoms with van der Waals surface area (Å²) in [4.78, 5) is 0. The monoisotopic (exact) mass is 1850 g/mol. The minimum atomic E-state index is 1.25. The molecule has 0 N–H and O–H groups in total. The van der Waals surface area contributed by atoms with Crippen LogP contribution in [-0.4, -0.2) is 0 Å². The van der Waals surface area contributed by atoms with Crippen LogP contribution in [0.1, 0.15) is 16.7 Å². The molecule has 6 aliphatic carbocycles. The quantitative estimate of drug-likeness (QED) is 0.135. The lowest BCUT2D eigenvalue weighted by atomic mass is 9.82. The molecular formula is C147H90. The molecule has 0 aliphatic heterocycles. The van der Waals surface area contributed by atoms with Crippen LogP contribution in [0.3, 0.4) is 0 Å². The van der Waals surface area contributed by atoms with Crippen molar-refractivity contribution in [2.75, 3.05) is 0 Å². The van der Waals surface area contributed by atoms with E-state index in [2.05, 4.69) is 512 Å². The van der Waals surface area contributed by atoms with Crippen LogP contribution in [0.4, 0.5) is 0 Å². The van der Waals surface area contributed by atoms with E-state index < -0.39 is 0 Å². The van der Waals surface area contributed by atoms with Crippen molar-refractivity contribution < 1.29 is 0 Å². The molecule has 27 aromatic carbocycles. The summed E-state index contributed by atoms with van der Waals surface area (Å²) in [5, 5.41) is 23.8. The van der Waals surface area contributed by atoms with Crippen molar-refractivity contribution >= 4 is 97.0 Å². The van der Waals surface area contributed by atoms with Crippen molar-refractivity contribution in [1.82, 2.24) is 0 Å². The highest BCUT2D eigenvalue weighted by molar-refractivity contribution is 6.35. The number of hydrogen-bond acceptors (Lipinski definition) is 0. The normalized spacial score (nSPS) is 12.2. The lowest BCUT2D eigenvalue weighted by Crippen LogP contribution is -1.93. The summed E-state index contributed by atoms with van der Waals surface area (Å²) in [6, 6.07) is 183. The van der Waals surface area contributed by atoms with Gasteiger partial charge in [-0.1, -0.05) is 497 Å². The van der Waals surface area contributed by atoms with E-state index in [9.17, 15) is 0 Å². The maximum absolute atomic E-state index is 2.43. The van der Waals surface area contributed by atoms with E-state index in [-0.39, 0.29) is 0 Å². The Morgan fingerprint density at radius 2 is 0.299 bits per heavy atom. The zero-order chi connectivity index (χ0) is 96.6. The fourth-order valence-corrected chi connectivity index (χ4v) is 27.3. The smallest absolute Gasteiger partial charge is 0.000741 e. The molecule has 0 saturated carbocycles. The lowest BCUT2D eigenvalue weighted by Gasteiger charge is -2.20. The van der Waals surface area contributed by atoms with Gasteiger partial charge in [-0.15, -0.1) is 0 Å². The maximum Gasteiger partial charge on any atom is -0.000741 e. The van der Waals surface area contributed by atoms with Crippen LogP contribution in [0.2, 0.25) is 0 Å². The van der Waals surface area contributed by atoms with Crippen LogP contribution in [0.15, 0.2) is 491 Å². The van der Waals surface area contributed by atoms with Gasteiger partial charge in [-0.3, -0.25) is 0 Å². The highest BCUT2D eigenvalue weighted by atomic mass is 14.4. The first-order valence-corrected chi connectivity index (χ1v) is 51.6. The highest BCUT2D eigenvalue weighted by Gasteiger charge is 2.38. The third-order valence-corrected chi connectivity index (χ3v) is 33.0. The van der Waals surface area contributed by atoms with E-state index in [1.807, 2.05) is 0 Å². The second-order valence-electron chi connectivity index (χ2n) is 40.8. The van der Waals surface area contributed by atoms with Gasteiger partial charge in [-0.2, -0.15) is 0 Å². The first kappa shape index (κ1) is 83.0. The van der Waals surface area contributed by atoms with E-state index in [4.69, 9.17) is 0 Å². The van der Waals surface area contributed by atoms with Gasteiger partial charge in [0.2, 0.25) is 0 Å². The SMILES string of the molecule is Cc1cc2c3c(ccc(-c4ccc5c6c(cccc46)-c4c-5c(-c5ccccc5)c5ccccc5c4-c4ccccc4)c3c1)-c1ccccc1-2.Cc1cc2c3c(cccc3c1-c1ccc3c4c(cccc14)-c1c-3c(-c3ccccc3)c3ccccc3c1-c1ccccc1)-c1ccccc1-2.Cc1ccc2c(c1)-c1ccc(-c3ccc4c5c(cccc35)-c3c-4c(-c4ccccc4)c4ccccc4c3-c3ccccc3)c3cccc-2c13. The molecule has 0 heteroatoms. The van der Waals surface area contributed by atoms with Gasteiger partial charge < -0.3 is 0 Å². The Labute approximate surface area is 853 Å². The van der Waals surface area contributed by atoms with Gasteiger partial charge >= 0.3 is 0 Å². The predicted molar refractivity (Wildman–Crippen MR) is 627 cm³/mol. The Hall–Kier alpha value is -18.7. The molecule has 0 nitrogen and oxygen atoms in total. The molecule has 0 heterocycles. The molecule has 0 fully saturated rings. The topological polar surface area (TPSA) is 0 Å². The Morgan fingerprint density at radius 1 is 0.0952 bits per heavy atom. The summed E-state index contributed by atoms with van der Waals surface area (Å²) >= 11 is 0. The molecule has 0 unspecified atom stereocenters. The van der Waals surface area contributed by atoms with Crippen LogP contribution < -0.4 is 0 Å². The highest BCUT2D eigenvalue weighted by Crippen LogP contribution is 2.66. The average Bonchev–Trinajstić information content (AvgIpc) is 1.54. The Balaban J connectivity index is 0.0000000999. The van der Waals surface area contributed by atoms with Gasteiger partial charge in [0, 0.05) is 0 Å². The molecule has 0 aromatic heterocycles. The standard InChI is InChI=1S/3C49H30/c1-29-22-23-34-37-19-10-18-35-32(24-26-40(46(35)37)43(34)28-29)33-25-27-42-47-36(33)20-11-21-41(47)48-44(30-12-4-2-5-13-30)38-16-8-9-17-39(38)45(49(42)48)31-14-6-3-7-15-31;1-29-28-42-33-19-9-8-18-32(33)34-22-12-24-39(47(34)42)43(29)38-26-27-41-46-37(38)23-13-25-40(46)48-44(30-14-4-2-5-15-30)35-20-10-11-21-36(35)45(49(41)48)31-16-6-3-7-17-31;1-29-27-42-33-18-9-8-17-32(33)39-25-23-35(43(28-29)47(39)42)34-24-26-41-46-36(34)21-12-22-40(46)48-44(30-13-4-2-5-14-30)37-19-10-11-20-38(37)45(49(41)48)31-15-6-3-7-16-31/h3*2-28H,1H3. The molecule has 678 valence electrons. The molecule has 0 bridgehead atoms. The molecule has 0 amide bonds. The molecule has 147 heavy (non-hydrogen) atoms. The van der Waals surface area contributed by atoms with E-state index >= 15 is 0 Å². The van der Waals surface area contributed by atoms with Crippen molar-refractivity contribution in [1.29, 1.82) is 0 Å². The summed E-state index contributed by atoms with van der Waals surface area (Å²) in [7, 11) is 0. The fourth-order valence-electron chi connectivity index (χ4n) is 27.3. The second-order valence-corrected chi connectivity index (χ2v) is 40.8. The minimum Gasteiger partial charge on any atom is -0.0622 e. The van der Waals surface area contributed by atoms with Crippen molar-refractivity contribution in [2.45, 2.75) is 20.8 Å². The molecule has 27 aromatic rings. The van der Waals surface area contributed by atoms with Crippen molar-refractivity contribution in [2.24, 2.45) is 0 Å². The van der Waals surface area contributed by atoms with E-state index in [0.717, 1.165) is 0 Å². The largest absolute Gasteiger partial charge is 0.0622 e. The van der Waals surface area contributed by atoms with Gasteiger partial charge in [0.05, 0.1) is 0 Å². The van der Waals surface area contributed by atoms with E-state index in [0.29, 0.717) is 0 Å². The van der Waals surface area contributed by atoms with E-state index in [1.54, 1.807) is 0 Å². The molecule has 0 saturated heterocycles. The van der Waals surface area contributed by atoms with Gasteiger partial charge in [-0.25, -0.2) is 0 Å². The first-order valence-electron chi connectivity index (χ1n) is 51.6. The maximum atomic E-state index is 2.43. The van der Waals surface area contributed by atoms with E-state index in [1.165, 1.54) is 347 Å². The van der Waals surface area contributed by atoms with Gasteiger partial charge in [0.1, 0.15) is 0 Å². The summed E-state index contributed by atoms with van der Waals surface area (Å²) in [6.45, 7) is 6.72. The predicted octanol–water partition coefficient (Wildman–Crippen LogP) is 41.3. The van der Waals surface area contributed by atoms with Crippen molar-refractivity contribution in [3.8, 4) is 234 Å². The minimum absolute atomic E-state index is 1.25. The van der Waals surface area contributed by atoms with Crippen LogP contribution >= 0.6 is 0 Å². The summed E-state index contributed by atoms with van der Waals surface area (Å²) in [6.07, 6.45) is 0. The zero-order valence-electron chi connectivity index (χ0n) is 81.3. The molecule has 6 aliphatic rings. The lowest BCUT2D eigenvalue weighted by molar-refractivity contribution is 1.48. The van der Waals surface area contributed by atoms with Crippen LogP contribution in [0, 0.1) is 20.8 Å². The molecule has 0 radical (unpaired) electrons. The second kappa shape index (κ2) is 32.1. The number of rotatable bonds is 9. The summed E-state index contributed by atoms with van der Waals surface area (Å²) in [5.74, 6) is 0. The Bertz CT molecular complexity index is 10100. The van der Waals surface area contributed by atoms with Crippen molar-refractivity contribution in [3.63, 3.8) is 0 Å². The molecule has 33 rings (SSSR count). The first-order chi connectivity index (χ1) is 72.8. The summed E-state index contributed by atoms with van der Waals surface area (Å²) in [5.41, 5.74) is 59.2. The molecule has 0 atom stereocenters. The van der Waals surface area contributed by atoms with Crippen LogP contribution in [-0.2, 0) is 0 Å². The fraction of sp³-hybridized carbons (Fsp3) is 0.0204. The zero-order valence-corrected chi connectivity index (χ0v) is 81.3. The average molecular weight is 1860 g/mol. The Morgan fingerprint density at radius 3 is 0.653 bits per heavy atom. The Kier molecular flexibility index (Phi) is 18.1. The van der Waals surface area contributed by atoms with Crippen LogP contribution in [0.25, 0.3) is 331 Å². The van der Waals surface area contributed by atoms with Crippen molar-refractivity contribution in [3.05, 3.63) is 508 Å². The van der Waals surface area contributed by atoms with Gasteiger partial charge in [-0.05, 0) is 363 Å².